The van der Waals surface area contributed by atoms with Crippen molar-refractivity contribution in [2.24, 2.45) is 0 Å². The number of carbonyl (C=O) groups excluding carboxylic acids is 3. The fraction of sp³-hybridized carbons (Fsp3) is 0. The number of anilines is 1. The molecule has 1 aliphatic rings. The van der Waals surface area contributed by atoms with E-state index < -0.39 is 0 Å². The molecule has 0 aromatic heterocycles. The summed E-state index contributed by atoms with van der Waals surface area (Å²) in [6.07, 6.45) is 0.646. The van der Waals surface area contributed by atoms with Crippen molar-refractivity contribution in [1.82, 2.24) is 0 Å². The largest absolute Gasteiger partial charge is 0.398 e. The molecule has 4 nitrogen and oxygen atoms in total. The first-order chi connectivity index (χ1) is 9.13. The molecular formula is C15H9NO3. The van der Waals surface area contributed by atoms with Crippen molar-refractivity contribution in [3.8, 4) is 0 Å². The number of hydrogen-bond donors (Lipinski definition) is 1. The summed E-state index contributed by atoms with van der Waals surface area (Å²) in [6, 6.07) is 9.25. The van der Waals surface area contributed by atoms with Gasteiger partial charge in [-0.25, -0.2) is 0 Å². The number of ketones is 2. The average molecular weight is 251 g/mol. The summed E-state index contributed by atoms with van der Waals surface area (Å²) >= 11 is 0. The molecule has 0 aliphatic heterocycles. The maximum atomic E-state index is 12.4. The minimum atomic E-state index is -0.278. The predicted molar refractivity (Wildman–Crippen MR) is 69.5 cm³/mol. The third-order valence-electron chi connectivity index (χ3n) is 3.24. The molecule has 0 atom stereocenters. The molecule has 3 rings (SSSR count). The van der Waals surface area contributed by atoms with Crippen LogP contribution < -0.4 is 5.73 Å². The van der Waals surface area contributed by atoms with Crippen molar-refractivity contribution in [3.05, 3.63) is 64.2 Å². The third-order valence-corrected chi connectivity index (χ3v) is 3.24. The van der Waals surface area contributed by atoms with Crippen LogP contribution in [0.3, 0.4) is 0 Å². The zero-order chi connectivity index (χ0) is 13.6. The first kappa shape index (κ1) is 11.3. The van der Waals surface area contributed by atoms with Crippen molar-refractivity contribution in [1.29, 1.82) is 0 Å². The highest BCUT2D eigenvalue weighted by Crippen LogP contribution is 2.30. The molecule has 0 unspecified atom stereocenters. The molecule has 2 aromatic rings. The van der Waals surface area contributed by atoms with Crippen molar-refractivity contribution in [3.63, 3.8) is 0 Å². The van der Waals surface area contributed by atoms with Gasteiger partial charge >= 0.3 is 0 Å². The second-order valence-corrected chi connectivity index (χ2v) is 4.35. The number of benzene rings is 2. The molecule has 19 heavy (non-hydrogen) atoms. The SMILES string of the molecule is Nc1cccc2c1C(=O)c1ccc(C=O)cc1C2=O. The van der Waals surface area contributed by atoms with E-state index in [4.69, 9.17) is 5.73 Å². The molecule has 92 valence electrons. The van der Waals surface area contributed by atoms with Gasteiger partial charge in [-0.3, -0.25) is 14.4 Å². The van der Waals surface area contributed by atoms with E-state index in [1.807, 2.05) is 0 Å². The molecule has 4 heteroatoms. The van der Waals surface area contributed by atoms with Crippen LogP contribution in [0, 0.1) is 0 Å². The van der Waals surface area contributed by atoms with Gasteiger partial charge in [-0.05, 0) is 18.2 Å². The summed E-state index contributed by atoms with van der Waals surface area (Å²) in [7, 11) is 0. The van der Waals surface area contributed by atoms with Crippen LogP contribution in [0.2, 0.25) is 0 Å². The van der Waals surface area contributed by atoms with Crippen molar-refractivity contribution in [2.45, 2.75) is 0 Å². The summed E-state index contributed by atoms with van der Waals surface area (Å²) in [4.78, 5) is 35.5. The van der Waals surface area contributed by atoms with Crippen LogP contribution in [0.5, 0.6) is 0 Å². The lowest BCUT2D eigenvalue weighted by Gasteiger charge is -2.18. The number of hydrogen-bond acceptors (Lipinski definition) is 4. The molecular weight excluding hydrogens is 242 g/mol. The van der Waals surface area contributed by atoms with Crippen LogP contribution in [0.4, 0.5) is 5.69 Å². The van der Waals surface area contributed by atoms with Gasteiger partial charge in [0.1, 0.15) is 6.29 Å². The second kappa shape index (κ2) is 3.88. The highest BCUT2D eigenvalue weighted by molar-refractivity contribution is 6.30. The topological polar surface area (TPSA) is 77.2 Å². The van der Waals surface area contributed by atoms with E-state index in [1.54, 1.807) is 18.2 Å². The maximum Gasteiger partial charge on any atom is 0.196 e. The number of nitrogens with two attached hydrogens (primary N) is 1. The van der Waals surface area contributed by atoms with Gasteiger partial charge in [0.15, 0.2) is 11.6 Å². The summed E-state index contributed by atoms with van der Waals surface area (Å²) in [5, 5.41) is 0. The Bertz CT molecular complexity index is 747. The lowest BCUT2D eigenvalue weighted by atomic mass is 9.82. The van der Waals surface area contributed by atoms with E-state index in [9.17, 15) is 14.4 Å². The van der Waals surface area contributed by atoms with Crippen LogP contribution in [-0.2, 0) is 0 Å². The normalized spacial score (nSPS) is 12.8. The molecule has 0 heterocycles. The lowest BCUT2D eigenvalue weighted by molar-refractivity contribution is 0.0979. The van der Waals surface area contributed by atoms with Crippen molar-refractivity contribution < 1.29 is 14.4 Å². The van der Waals surface area contributed by atoms with Crippen LogP contribution in [0.1, 0.15) is 42.2 Å². The molecule has 2 N–H and O–H groups in total. The quantitative estimate of drug-likeness (QED) is 0.529. The number of nitrogen functional groups attached to an aromatic ring is 1. The monoisotopic (exact) mass is 251 g/mol. The van der Waals surface area contributed by atoms with Gasteiger partial charge in [0, 0.05) is 27.9 Å². The standard InChI is InChI=1S/C15H9NO3/c16-12-3-1-2-10-13(12)15(19)9-5-4-8(7-17)6-11(9)14(10)18/h1-7H,16H2. The second-order valence-electron chi connectivity index (χ2n) is 4.35. The zero-order valence-electron chi connectivity index (χ0n) is 9.84. The highest BCUT2D eigenvalue weighted by Gasteiger charge is 2.31. The van der Waals surface area contributed by atoms with Gasteiger partial charge in [0.2, 0.25) is 0 Å². The summed E-state index contributed by atoms with van der Waals surface area (Å²) in [6.45, 7) is 0. The Kier molecular flexibility index (Phi) is 2.32. The Labute approximate surface area is 108 Å². The highest BCUT2D eigenvalue weighted by atomic mass is 16.1. The predicted octanol–water partition coefficient (Wildman–Crippen LogP) is 1.86. The Morgan fingerprint density at radius 3 is 2.42 bits per heavy atom. The first-order valence-corrected chi connectivity index (χ1v) is 5.70. The van der Waals surface area contributed by atoms with E-state index in [0.717, 1.165) is 0 Å². The summed E-state index contributed by atoms with van der Waals surface area (Å²) in [5.74, 6) is -0.555. The minimum Gasteiger partial charge on any atom is -0.398 e. The van der Waals surface area contributed by atoms with E-state index in [2.05, 4.69) is 0 Å². The molecule has 0 saturated carbocycles. The molecule has 0 bridgehead atoms. The average Bonchev–Trinajstić information content (AvgIpc) is 2.44. The molecule has 0 radical (unpaired) electrons. The lowest BCUT2D eigenvalue weighted by Crippen LogP contribution is -2.22. The van der Waals surface area contributed by atoms with Crippen molar-refractivity contribution in [2.75, 3.05) is 5.73 Å². The molecule has 1 aliphatic carbocycles. The fourth-order valence-corrected chi connectivity index (χ4v) is 2.31. The van der Waals surface area contributed by atoms with Gasteiger partial charge in [-0.2, -0.15) is 0 Å². The van der Waals surface area contributed by atoms with Crippen LogP contribution in [0.15, 0.2) is 36.4 Å². The number of fused-ring (bicyclic) bond motifs is 2. The van der Waals surface area contributed by atoms with Gasteiger partial charge in [-0.15, -0.1) is 0 Å². The van der Waals surface area contributed by atoms with Gasteiger partial charge < -0.3 is 5.73 Å². The van der Waals surface area contributed by atoms with Gasteiger partial charge in [-0.1, -0.05) is 18.2 Å². The summed E-state index contributed by atoms with van der Waals surface area (Å²) < 4.78 is 0. The van der Waals surface area contributed by atoms with Crippen LogP contribution in [-0.4, -0.2) is 17.9 Å². The molecule has 2 aromatic carbocycles. The van der Waals surface area contributed by atoms with Gasteiger partial charge in [0.05, 0.1) is 5.56 Å². The molecule has 0 amide bonds. The van der Waals surface area contributed by atoms with Gasteiger partial charge in [0.25, 0.3) is 0 Å². The smallest absolute Gasteiger partial charge is 0.196 e. The third kappa shape index (κ3) is 1.50. The van der Waals surface area contributed by atoms with E-state index in [0.29, 0.717) is 28.7 Å². The maximum absolute atomic E-state index is 12.4. The Morgan fingerprint density at radius 2 is 1.68 bits per heavy atom. The molecule has 0 spiro atoms. The van der Waals surface area contributed by atoms with Crippen LogP contribution in [0.25, 0.3) is 0 Å². The number of carbonyl (C=O) groups is 3. The number of rotatable bonds is 1. The van der Waals surface area contributed by atoms with Crippen molar-refractivity contribution >= 4 is 23.5 Å². The van der Waals surface area contributed by atoms with E-state index in [-0.39, 0.29) is 22.7 Å². The van der Waals surface area contributed by atoms with Crippen LogP contribution >= 0.6 is 0 Å². The van der Waals surface area contributed by atoms with E-state index in [1.165, 1.54) is 18.2 Å². The fourth-order valence-electron chi connectivity index (χ4n) is 2.31. The zero-order valence-corrected chi connectivity index (χ0v) is 9.84. The Hall–Kier alpha value is -2.75. The Morgan fingerprint density at radius 1 is 0.895 bits per heavy atom. The van der Waals surface area contributed by atoms with E-state index >= 15 is 0 Å². The summed E-state index contributed by atoms with van der Waals surface area (Å²) in [5.41, 5.74) is 7.53. The minimum absolute atomic E-state index is 0.249. The molecule has 0 fully saturated rings. The first-order valence-electron chi connectivity index (χ1n) is 5.70. The molecule has 0 saturated heterocycles. The number of aldehydes is 1. The Balaban J connectivity index is 2.32.